The summed E-state index contributed by atoms with van der Waals surface area (Å²) >= 11 is 6.00. The number of halogens is 1. The van der Waals surface area contributed by atoms with Gasteiger partial charge < -0.3 is 15.2 Å². The quantitative estimate of drug-likeness (QED) is 0.689. The normalized spacial score (nSPS) is 23.1. The summed E-state index contributed by atoms with van der Waals surface area (Å²) in [6.45, 7) is 1.71. The number of hydrogen-bond acceptors (Lipinski definition) is 4. The van der Waals surface area contributed by atoms with Crippen molar-refractivity contribution in [2.75, 3.05) is 12.3 Å². The second kappa shape index (κ2) is 6.22. The number of nitrogen functional groups attached to an aromatic ring is 1. The first-order chi connectivity index (χ1) is 11.0. The first kappa shape index (κ1) is 15.8. The molecule has 1 aliphatic heterocycles. The Kier molecular flexibility index (Phi) is 4.28. The van der Waals surface area contributed by atoms with E-state index in [1.54, 1.807) is 12.1 Å². The molecular weight excluding hydrogens is 314 g/mol. The third-order valence-corrected chi connectivity index (χ3v) is 4.44. The summed E-state index contributed by atoms with van der Waals surface area (Å²) in [6.07, 6.45) is 0.394. The molecule has 1 aliphatic rings. The van der Waals surface area contributed by atoms with Gasteiger partial charge in [0.15, 0.2) is 5.60 Å². The summed E-state index contributed by atoms with van der Waals surface area (Å²) in [5.74, 6) is -0.347. The standard InChI is InChI=1S/C18H18ClNO3/c1-12(21)23-18(14-7-8-15(19)16(20)10-14)11-22-17(18)9-13-5-3-2-4-6-13/h2-8,10,17H,9,11,20H2,1H3. The number of esters is 1. The Labute approximate surface area is 140 Å². The number of anilines is 1. The average molecular weight is 332 g/mol. The first-order valence-corrected chi connectivity index (χ1v) is 7.80. The molecule has 0 bridgehead atoms. The Bertz CT molecular complexity index is 719. The van der Waals surface area contributed by atoms with E-state index in [9.17, 15) is 4.79 Å². The monoisotopic (exact) mass is 331 g/mol. The van der Waals surface area contributed by atoms with Crippen molar-refractivity contribution in [2.24, 2.45) is 0 Å². The van der Waals surface area contributed by atoms with E-state index >= 15 is 0 Å². The number of carbonyl (C=O) groups is 1. The summed E-state index contributed by atoms with van der Waals surface area (Å²) < 4.78 is 11.4. The Morgan fingerprint density at radius 1 is 1.35 bits per heavy atom. The van der Waals surface area contributed by atoms with Crippen molar-refractivity contribution in [1.29, 1.82) is 0 Å². The molecule has 5 heteroatoms. The lowest BCUT2D eigenvalue weighted by Gasteiger charge is -2.48. The number of rotatable bonds is 4. The smallest absolute Gasteiger partial charge is 0.303 e. The van der Waals surface area contributed by atoms with Gasteiger partial charge in [-0.2, -0.15) is 0 Å². The lowest BCUT2D eigenvalue weighted by molar-refractivity contribution is -0.258. The molecular formula is C18H18ClNO3. The van der Waals surface area contributed by atoms with Gasteiger partial charge in [-0.15, -0.1) is 0 Å². The Balaban J connectivity index is 1.93. The zero-order chi connectivity index (χ0) is 16.4. The first-order valence-electron chi connectivity index (χ1n) is 7.42. The predicted octanol–water partition coefficient (Wildman–Crippen LogP) is 3.32. The van der Waals surface area contributed by atoms with Crippen LogP contribution in [-0.4, -0.2) is 18.7 Å². The fourth-order valence-electron chi connectivity index (χ4n) is 2.89. The Morgan fingerprint density at radius 2 is 2.09 bits per heavy atom. The second-order valence-corrected chi connectivity index (χ2v) is 6.12. The van der Waals surface area contributed by atoms with Gasteiger partial charge >= 0.3 is 5.97 Å². The molecule has 4 nitrogen and oxygen atoms in total. The Morgan fingerprint density at radius 3 is 2.65 bits per heavy atom. The second-order valence-electron chi connectivity index (χ2n) is 5.71. The van der Waals surface area contributed by atoms with Gasteiger partial charge in [0, 0.05) is 18.9 Å². The minimum Gasteiger partial charge on any atom is -0.449 e. The molecule has 0 aliphatic carbocycles. The third kappa shape index (κ3) is 3.05. The molecule has 2 atom stereocenters. The van der Waals surface area contributed by atoms with Gasteiger partial charge in [-0.05, 0) is 17.7 Å². The molecule has 2 unspecified atom stereocenters. The summed E-state index contributed by atoms with van der Waals surface area (Å²) in [5, 5.41) is 0.478. The van der Waals surface area contributed by atoms with Crippen LogP contribution in [0.15, 0.2) is 48.5 Å². The maximum absolute atomic E-state index is 11.6. The van der Waals surface area contributed by atoms with Crippen molar-refractivity contribution in [3.8, 4) is 0 Å². The van der Waals surface area contributed by atoms with Crippen LogP contribution < -0.4 is 5.73 Å². The maximum Gasteiger partial charge on any atom is 0.303 e. The van der Waals surface area contributed by atoms with Crippen molar-refractivity contribution in [3.05, 3.63) is 64.7 Å². The van der Waals surface area contributed by atoms with E-state index in [2.05, 4.69) is 0 Å². The highest BCUT2D eigenvalue weighted by Gasteiger charge is 2.53. The van der Waals surface area contributed by atoms with Crippen LogP contribution >= 0.6 is 11.6 Å². The highest BCUT2D eigenvalue weighted by atomic mass is 35.5. The van der Waals surface area contributed by atoms with E-state index in [4.69, 9.17) is 26.8 Å². The number of hydrogen-bond donors (Lipinski definition) is 1. The van der Waals surface area contributed by atoms with Crippen molar-refractivity contribution in [2.45, 2.75) is 25.0 Å². The van der Waals surface area contributed by atoms with Crippen LogP contribution in [-0.2, 0) is 26.3 Å². The molecule has 1 fully saturated rings. The van der Waals surface area contributed by atoms with E-state index in [0.717, 1.165) is 11.1 Å². The Hall–Kier alpha value is -2.04. The molecule has 1 saturated heterocycles. The molecule has 3 rings (SSSR count). The van der Waals surface area contributed by atoms with Crippen LogP contribution in [0.1, 0.15) is 18.1 Å². The fourth-order valence-corrected chi connectivity index (χ4v) is 3.01. The van der Waals surface area contributed by atoms with E-state index in [1.165, 1.54) is 6.92 Å². The van der Waals surface area contributed by atoms with Gasteiger partial charge in [-0.1, -0.05) is 48.0 Å². The highest BCUT2D eigenvalue weighted by molar-refractivity contribution is 6.33. The lowest BCUT2D eigenvalue weighted by Crippen LogP contribution is -2.59. The maximum atomic E-state index is 11.6. The van der Waals surface area contributed by atoms with Crippen LogP contribution in [0.4, 0.5) is 5.69 Å². The molecule has 2 aromatic rings. The minimum absolute atomic E-state index is 0.255. The number of benzene rings is 2. The van der Waals surface area contributed by atoms with Gasteiger partial charge in [0.2, 0.25) is 0 Å². The highest BCUT2D eigenvalue weighted by Crippen LogP contribution is 2.43. The molecule has 2 aromatic carbocycles. The molecule has 2 N–H and O–H groups in total. The molecule has 0 aromatic heterocycles. The van der Waals surface area contributed by atoms with E-state index in [0.29, 0.717) is 23.7 Å². The average Bonchev–Trinajstić information content (AvgIpc) is 2.53. The lowest BCUT2D eigenvalue weighted by atomic mass is 9.81. The minimum atomic E-state index is -0.819. The van der Waals surface area contributed by atoms with Crippen molar-refractivity contribution in [1.82, 2.24) is 0 Å². The SMILES string of the molecule is CC(=O)OC1(c2ccc(Cl)c(N)c2)COC1Cc1ccccc1. The molecule has 0 radical (unpaired) electrons. The molecule has 23 heavy (non-hydrogen) atoms. The zero-order valence-electron chi connectivity index (χ0n) is 12.8. The summed E-state index contributed by atoms with van der Waals surface area (Å²) in [4.78, 5) is 11.6. The van der Waals surface area contributed by atoms with E-state index in [-0.39, 0.29) is 12.1 Å². The molecule has 0 spiro atoms. The largest absolute Gasteiger partial charge is 0.449 e. The topological polar surface area (TPSA) is 61.5 Å². The fraction of sp³-hybridized carbons (Fsp3) is 0.278. The molecule has 1 heterocycles. The van der Waals surface area contributed by atoms with Crippen LogP contribution in [0.5, 0.6) is 0 Å². The number of nitrogens with two attached hydrogens (primary N) is 1. The van der Waals surface area contributed by atoms with Crippen molar-refractivity contribution >= 4 is 23.3 Å². The van der Waals surface area contributed by atoms with Crippen LogP contribution in [0.25, 0.3) is 0 Å². The van der Waals surface area contributed by atoms with Crippen LogP contribution in [0.2, 0.25) is 5.02 Å². The third-order valence-electron chi connectivity index (χ3n) is 4.09. The van der Waals surface area contributed by atoms with Gasteiger partial charge in [-0.3, -0.25) is 4.79 Å². The van der Waals surface area contributed by atoms with Crippen molar-refractivity contribution < 1.29 is 14.3 Å². The zero-order valence-corrected chi connectivity index (χ0v) is 13.5. The summed E-state index contributed by atoms with van der Waals surface area (Å²) in [6, 6.07) is 15.3. The summed E-state index contributed by atoms with van der Waals surface area (Å²) in [7, 11) is 0. The van der Waals surface area contributed by atoms with E-state index < -0.39 is 5.60 Å². The van der Waals surface area contributed by atoms with Gasteiger partial charge in [-0.25, -0.2) is 0 Å². The predicted molar refractivity (Wildman–Crippen MR) is 89.2 cm³/mol. The van der Waals surface area contributed by atoms with E-state index in [1.807, 2.05) is 36.4 Å². The van der Waals surface area contributed by atoms with Crippen LogP contribution in [0.3, 0.4) is 0 Å². The van der Waals surface area contributed by atoms with Gasteiger partial charge in [0.05, 0.1) is 17.3 Å². The number of carbonyl (C=O) groups excluding carboxylic acids is 1. The van der Waals surface area contributed by atoms with Crippen molar-refractivity contribution in [3.63, 3.8) is 0 Å². The van der Waals surface area contributed by atoms with Gasteiger partial charge in [0.1, 0.15) is 6.10 Å². The van der Waals surface area contributed by atoms with Crippen LogP contribution in [0, 0.1) is 0 Å². The molecule has 0 saturated carbocycles. The molecule has 0 amide bonds. The summed E-state index contributed by atoms with van der Waals surface area (Å²) in [5.41, 5.74) is 7.48. The number of ether oxygens (including phenoxy) is 2. The van der Waals surface area contributed by atoms with Gasteiger partial charge in [0.25, 0.3) is 0 Å². The molecule has 120 valence electrons.